The molecule has 0 bridgehead atoms. The van der Waals surface area contributed by atoms with Gasteiger partial charge in [0.2, 0.25) is 6.79 Å². The number of unbranched alkanes of at least 4 members (excludes halogenated alkanes) is 1. The monoisotopic (exact) mass is 320 g/mol. The average Bonchev–Trinajstić information content (AvgIpc) is 3.02. The van der Waals surface area contributed by atoms with E-state index in [1.807, 2.05) is 0 Å². The summed E-state index contributed by atoms with van der Waals surface area (Å²) < 4.78 is 10.4. The van der Waals surface area contributed by atoms with Crippen LogP contribution in [0, 0.1) is 5.92 Å². The van der Waals surface area contributed by atoms with Crippen molar-refractivity contribution >= 4 is 17.5 Å². The lowest BCUT2D eigenvalue weighted by Crippen LogP contribution is -2.38. The van der Waals surface area contributed by atoms with Gasteiger partial charge in [-0.1, -0.05) is 33.1 Å². The molecule has 6 heteroatoms. The summed E-state index contributed by atoms with van der Waals surface area (Å²) in [5.41, 5.74) is 0.507. The summed E-state index contributed by atoms with van der Waals surface area (Å²) in [6, 6.07) is 5.02. The number of anilines is 1. The highest BCUT2D eigenvalue weighted by molar-refractivity contribution is 6.39. The zero-order valence-corrected chi connectivity index (χ0v) is 13.7. The lowest BCUT2D eigenvalue weighted by Gasteiger charge is -2.15. The van der Waals surface area contributed by atoms with E-state index >= 15 is 0 Å². The summed E-state index contributed by atoms with van der Waals surface area (Å²) in [5, 5.41) is 5.28. The second kappa shape index (κ2) is 8.41. The Morgan fingerprint density at radius 1 is 1.17 bits per heavy atom. The molecule has 0 unspecified atom stereocenters. The molecule has 1 aliphatic rings. The van der Waals surface area contributed by atoms with Gasteiger partial charge in [-0.3, -0.25) is 9.59 Å². The van der Waals surface area contributed by atoms with E-state index in [0.29, 0.717) is 29.6 Å². The van der Waals surface area contributed by atoms with Crippen LogP contribution in [0.2, 0.25) is 0 Å². The van der Waals surface area contributed by atoms with E-state index in [9.17, 15) is 9.59 Å². The number of carbonyl (C=O) groups is 2. The Hall–Kier alpha value is -2.24. The molecular formula is C17H24N2O4. The van der Waals surface area contributed by atoms with Crippen molar-refractivity contribution in [3.05, 3.63) is 18.2 Å². The van der Waals surface area contributed by atoms with E-state index in [4.69, 9.17) is 9.47 Å². The Balaban J connectivity index is 1.81. The number of benzene rings is 1. The highest BCUT2D eigenvalue weighted by atomic mass is 16.7. The van der Waals surface area contributed by atoms with Gasteiger partial charge in [0.1, 0.15) is 0 Å². The fraction of sp³-hybridized carbons (Fsp3) is 0.529. The maximum Gasteiger partial charge on any atom is 0.313 e. The number of fused-ring (bicyclic) bond motifs is 1. The number of ether oxygens (including phenoxy) is 2. The summed E-state index contributed by atoms with van der Waals surface area (Å²) in [7, 11) is 0. The lowest BCUT2D eigenvalue weighted by atomic mass is 9.99. The molecule has 0 saturated carbocycles. The smallest absolute Gasteiger partial charge is 0.313 e. The molecule has 23 heavy (non-hydrogen) atoms. The van der Waals surface area contributed by atoms with Crippen LogP contribution >= 0.6 is 0 Å². The molecule has 2 N–H and O–H groups in total. The molecule has 2 rings (SSSR count). The summed E-state index contributed by atoms with van der Waals surface area (Å²) in [5.74, 6) is 0.326. The van der Waals surface area contributed by atoms with Crippen LogP contribution in [0.15, 0.2) is 18.2 Å². The van der Waals surface area contributed by atoms with Crippen molar-refractivity contribution in [2.24, 2.45) is 5.92 Å². The molecule has 1 aliphatic heterocycles. The Bertz CT molecular complexity index is 560. The first-order valence-corrected chi connectivity index (χ1v) is 8.12. The fourth-order valence-corrected chi connectivity index (χ4v) is 2.42. The third kappa shape index (κ3) is 4.87. The van der Waals surface area contributed by atoms with Crippen LogP contribution in [0.4, 0.5) is 5.69 Å². The Labute approximate surface area is 136 Å². The number of rotatable bonds is 7. The predicted molar refractivity (Wildman–Crippen MR) is 87.5 cm³/mol. The van der Waals surface area contributed by atoms with Crippen molar-refractivity contribution in [3.8, 4) is 11.5 Å². The summed E-state index contributed by atoms with van der Waals surface area (Å²) in [6.45, 7) is 4.94. The van der Waals surface area contributed by atoms with Crippen molar-refractivity contribution in [3.63, 3.8) is 0 Å². The van der Waals surface area contributed by atoms with Crippen LogP contribution in [-0.2, 0) is 9.59 Å². The van der Waals surface area contributed by atoms with Crippen molar-refractivity contribution in [1.29, 1.82) is 0 Å². The standard InChI is InChI=1S/C17H24N2O4/c1-3-5-6-12(4-2)10-18-16(20)17(21)19-13-7-8-14-15(9-13)23-11-22-14/h7-9,12H,3-6,10-11H2,1-2H3,(H,18,20)(H,19,21)/t12-/m1/s1. The molecule has 1 aromatic rings. The molecule has 0 aromatic heterocycles. The summed E-state index contributed by atoms with van der Waals surface area (Å²) >= 11 is 0. The van der Waals surface area contributed by atoms with Crippen LogP contribution in [0.5, 0.6) is 11.5 Å². The molecule has 0 saturated heterocycles. The number of amides is 2. The van der Waals surface area contributed by atoms with Crippen molar-refractivity contribution in [2.45, 2.75) is 39.5 Å². The first-order valence-electron chi connectivity index (χ1n) is 8.12. The molecule has 1 aromatic carbocycles. The number of carbonyl (C=O) groups excluding carboxylic acids is 2. The van der Waals surface area contributed by atoms with Gasteiger partial charge in [0.15, 0.2) is 11.5 Å². The van der Waals surface area contributed by atoms with Crippen LogP contribution in [-0.4, -0.2) is 25.2 Å². The van der Waals surface area contributed by atoms with Gasteiger partial charge >= 0.3 is 11.8 Å². The molecule has 0 radical (unpaired) electrons. The van der Waals surface area contributed by atoms with Gasteiger partial charge in [-0.2, -0.15) is 0 Å². The number of hydrogen-bond donors (Lipinski definition) is 2. The Morgan fingerprint density at radius 2 is 1.96 bits per heavy atom. The maximum atomic E-state index is 11.9. The number of hydrogen-bond acceptors (Lipinski definition) is 4. The second-order valence-electron chi connectivity index (χ2n) is 5.65. The summed E-state index contributed by atoms with van der Waals surface area (Å²) in [4.78, 5) is 23.8. The van der Waals surface area contributed by atoms with E-state index in [2.05, 4.69) is 24.5 Å². The van der Waals surface area contributed by atoms with Crippen molar-refractivity contribution in [2.75, 3.05) is 18.7 Å². The van der Waals surface area contributed by atoms with E-state index in [-0.39, 0.29) is 6.79 Å². The second-order valence-corrected chi connectivity index (χ2v) is 5.65. The molecule has 0 aliphatic carbocycles. The molecule has 1 heterocycles. The normalized spacial score (nSPS) is 13.5. The quantitative estimate of drug-likeness (QED) is 0.757. The van der Waals surface area contributed by atoms with Gasteiger partial charge in [-0.15, -0.1) is 0 Å². The SMILES string of the molecule is CCCC[C@@H](CC)CNC(=O)C(=O)Nc1ccc2c(c1)OCO2. The lowest BCUT2D eigenvalue weighted by molar-refractivity contribution is -0.136. The largest absolute Gasteiger partial charge is 0.454 e. The highest BCUT2D eigenvalue weighted by Crippen LogP contribution is 2.34. The van der Waals surface area contributed by atoms with Gasteiger partial charge in [-0.05, 0) is 24.5 Å². The van der Waals surface area contributed by atoms with E-state index in [0.717, 1.165) is 25.7 Å². The van der Waals surface area contributed by atoms with Crippen LogP contribution in [0.1, 0.15) is 39.5 Å². The zero-order chi connectivity index (χ0) is 16.7. The molecule has 126 valence electrons. The van der Waals surface area contributed by atoms with E-state index in [1.165, 1.54) is 0 Å². The molecule has 2 amide bonds. The van der Waals surface area contributed by atoms with Gasteiger partial charge in [0.25, 0.3) is 0 Å². The topological polar surface area (TPSA) is 76.7 Å². The minimum Gasteiger partial charge on any atom is -0.454 e. The molecular weight excluding hydrogens is 296 g/mol. The fourth-order valence-electron chi connectivity index (χ4n) is 2.42. The third-order valence-electron chi connectivity index (χ3n) is 3.93. The van der Waals surface area contributed by atoms with E-state index in [1.54, 1.807) is 18.2 Å². The zero-order valence-electron chi connectivity index (χ0n) is 13.7. The first-order chi connectivity index (χ1) is 11.1. The van der Waals surface area contributed by atoms with Gasteiger partial charge < -0.3 is 20.1 Å². The van der Waals surface area contributed by atoms with Gasteiger partial charge in [0, 0.05) is 18.3 Å². The van der Waals surface area contributed by atoms with Crippen LogP contribution < -0.4 is 20.1 Å². The van der Waals surface area contributed by atoms with Gasteiger partial charge in [0.05, 0.1) is 0 Å². The molecule has 0 fully saturated rings. The van der Waals surface area contributed by atoms with E-state index < -0.39 is 11.8 Å². The minimum absolute atomic E-state index is 0.170. The molecule has 6 nitrogen and oxygen atoms in total. The summed E-state index contributed by atoms with van der Waals surface area (Å²) in [6.07, 6.45) is 4.33. The third-order valence-corrected chi connectivity index (χ3v) is 3.93. The molecule has 1 atom stereocenters. The molecule has 0 spiro atoms. The average molecular weight is 320 g/mol. The van der Waals surface area contributed by atoms with Gasteiger partial charge in [-0.25, -0.2) is 0 Å². The maximum absolute atomic E-state index is 11.9. The highest BCUT2D eigenvalue weighted by Gasteiger charge is 2.18. The minimum atomic E-state index is -0.672. The Morgan fingerprint density at radius 3 is 2.70 bits per heavy atom. The van der Waals surface area contributed by atoms with Crippen LogP contribution in [0.25, 0.3) is 0 Å². The van der Waals surface area contributed by atoms with Crippen molar-refractivity contribution in [1.82, 2.24) is 5.32 Å². The predicted octanol–water partition coefficient (Wildman–Crippen LogP) is 2.69. The van der Waals surface area contributed by atoms with Crippen LogP contribution in [0.3, 0.4) is 0 Å². The Kier molecular flexibility index (Phi) is 6.26. The first kappa shape index (κ1) is 17.1. The van der Waals surface area contributed by atoms with Crippen molar-refractivity contribution < 1.29 is 19.1 Å². The number of nitrogens with one attached hydrogen (secondary N) is 2.